The van der Waals surface area contributed by atoms with Gasteiger partial charge in [-0.15, -0.1) is 0 Å². The van der Waals surface area contributed by atoms with E-state index < -0.39 is 4.92 Å². The van der Waals surface area contributed by atoms with Crippen molar-refractivity contribution in [2.24, 2.45) is 11.7 Å². The summed E-state index contributed by atoms with van der Waals surface area (Å²) in [6.45, 7) is 3.34. The number of hydrogen-bond acceptors (Lipinski definition) is 4. The third kappa shape index (κ3) is 3.88. The molecular weight excluding hydrogens is 270 g/mol. The maximum Gasteiger partial charge on any atom is 0.270 e. The minimum atomic E-state index is -0.454. The van der Waals surface area contributed by atoms with Gasteiger partial charge in [0, 0.05) is 37.3 Å². The largest absolute Gasteiger partial charge is 0.338 e. The van der Waals surface area contributed by atoms with Crippen LogP contribution in [0.3, 0.4) is 0 Å². The second-order valence-corrected chi connectivity index (χ2v) is 5.40. The number of nitrogens with zero attached hydrogens (tertiary/aromatic N) is 2. The molecule has 0 radical (unpaired) electrons. The van der Waals surface area contributed by atoms with Gasteiger partial charge in [0.15, 0.2) is 0 Å². The highest BCUT2D eigenvalue weighted by atomic mass is 16.6. The summed E-state index contributed by atoms with van der Waals surface area (Å²) < 4.78 is 0. The van der Waals surface area contributed by atoms with Crippen LogP contribution < -0.4 is 5.73 Å². The molecule has 2 N–H and O–H groups in total. The minimum absolute atomic E-state index is 0.00825. The van der Waals surface area contributed by atoms with Crippen LogP contribution in [0.25, 0.3) is 6.08 Å². The zero-order valence-corrected chi connectivity index (χ0v) is 11.9. The van der Waals surface area contributed by atoms with Crippen LogP contribution in [0.4, 0.5) is 5.69 Å². The van der Waals surface area contributed by atoms with E-state index in [9.17, 15) is 14.9 Å². The topological polar surface area (TPSA) is 89.5 Å². The van der Waals surface area contributed by atoms with Crippen LogP contribution in [0, 0.1) is 16.0 Å². The molecule has 1 aromatic carbocycles. The van der Waals surface area contributed by atoms with Crippen molar-refractivity contribution >= 4 is 17.7 Å². The molecule has 6 heteroatoms. The lowest BCUT2D eigenvalue weighted by Crippen LogP contribution is -2.49. The molecule has 0 saturated carbocycles. The van der Waals surface area contributed by atoms with Gasteiger partial charge in [0.25, 0.3) is 5.69 Å². The fourth-order valence-electron chi connectivity index (χ4n) is 2.31. The minimum Gasteiger partial charge on any atom is -0.338 e. The van der Waals surface area contributed by atoms with Crippen molar-refractivity contribution in [1.82, 2.24) is 4.90 Å². The van der Waals surface area contributed by atoms with Crippen molar-refractivity contribution in [3.8, 4) is 0 Å². The first-order valence-corrected chi connectivity index (χ1v) is 6.94. The number of nitro groups is 1. The van der Waals surface area contributed by atoms with Crippen molar-refractivity contribution in [3.05, 3.63) is 46.0 Å². The van der Waals surface area contributed by atoms with E-state index in [1.165, 1.54) is 18.2 Å². The van der Waals surface area contributed by atoms with Gasteiger partial charge in [0.05, 0.1) is 4.92 Å². The molecule has 6 nitrogen and oxygen atoms in total. The summed E-state index contributed by atoms with van der Waals surface area (Å²) in [5.74, 6) is 0.318. The Kier molecular flexibility index (Phi) is 4.70. The zero-order valence-electron chi connectivity index (χ0n) is 11.9. The second kappa shape index (κ2) is 6.49. The lowest BCUT2D eigenvalue weighted by molar-refractivity contribution is -0.384. The molecule has 1 saturated heterocycles. The summed E-state index contributed by atoms with van der Waals surface area (Å²) in [5.41, 5.74) is 6.62. The molecule has 1 aromatic rings. The number of non-ortho nitro benzene ring substituents is 1. The summed E-state index contributed by atoms with van der Waals surface area (Å²) in [5, 5.41) is 10.7. The van der Waals surface area contributed by atoms with Crippen molar-refractivity contribution in [2.75, 3.05) is 13.1 Å². The summed E-state index contributed by atoms with van der Waals surface area (Å²) in [6.07, 6.45) is 3.94. The zero-order chi connectivity index (χ0) is 15.4. The molecule has 1 heterocycles. The molecule has 0 spiro atoms. The molecule has 2 rings (SSSR count). The van der Waals surface area contributed by atoms with Crippen molar-refractivity contribution < 1.29 is 9.72 Å². The average molecular weight is 289 g/mol. The van der Waals surface area contributed by atoms with E-state index in [0.717, 1.165) is 6.42 Å². The summed E-state index contributed by atoms with van der Waals surface area (Å²) in [4.78, 5) is 24.1. The van der Waals surface area contributed by atoms with Gasteiger partial charge in [-0.1, -0.05) is 19.1 Å². The molecule has 1 amide bonds. The number of benzene rings is 1. The van der Waals surface area contributed by atoms with Crippen LogP contribution in [-0.2, 0) is 4.79 Å². The van der Waals surface area contributed by atoms with Gasteiger partial charge < -0.3 is 10.6 Å². The van der Waals surface area contributed by atoms with Gasteiger partial charge in [0.1, 0.15) is 0 Å². The van der Waals surface area contributed by atoms with E-state index in [1.807, 2.05) is 0 Å². The predicted octanol–water partition coefficient (Wildman–Crippen LogP) is 1.80. The first kappa shape index (κ1) is 15.2. The lowest BCUT2D eigenvalue weighted by Gasteiger charge is -2.34. The van der Waals surface area contributed by atoms with Crippen LogP contribution in [0.2, 0.25) is 0 Å². The number of rotatable bonds is 3. The highest BCUT2D eigenvalue weighted by Crippen LogP contribution is 2.17. The smallest absolute Gasteiger partial charge is 0.270 e. The van der Waals surface area contributed by atoms with Gasteiger partial charge in [-0.2, -0.15) is 0 Å². The summed E-state index contributed by atoms with van der Waals surface area (Å²) >= 11 is 0. The molecule has 2 unspecified atom stereocenters. The molecule has 0 aliphatic carbocycles. The third-order valence-electron chi connectivity index (χ3n) is 3.83. The normalized spacial score (nSPS) is 22.5. The molecule has 2 atom stereocenters. The van der Waals surface area contributed by atoms with E-state index >= 15 is 0 Å². The monoisotopic (exact) mass is 289 g/mol. The maximum atomic E-state index is 12.1. The number of carbonyl (C=O) groups is 1. The molecule has 1 aliphatic rings. The highest BCUT2D eigenvalue weighted by Gasteiger charge is 2.24. The van der Waals surface area contributed by atoms with Crippen molar-refractivity contribution in [1.29, 1.82) is 0 Å². The first-order valence-electron chi connectivity index (χ1n) is 6.94. The van der Waals surface area contributed by atoms with Gasteiger partial charge in [-0.3, -0.25) is 14.9 Å². The fraction of sp³-hybridized carbons (Fsp3) is 0.400. The van der Waals surface area contributed by atoms with Gasteiger partial charge >= 0.3 is 0 Å². The lowest BCUT2D eigenvalue weighted by atomic mass is 9.94. The summed E-state index contributed by atoms with van der Waals surface area (Å²) in [7, 11) is 0. The number of amides is 1. The van der Waals surface area contributed by atoms with E-state index in [2.05, 4.69) is 6.92 Å². The Balaban J connectivity index is 2.02. The predicted molar refractivity (Wildman–Crippen MR) is 80.5 cm³/mol. The Morgan fingerprint density at radius 2 is 2.29 bits per heavy atom. The van der Waals surface area contributed by atoms with Crippen LogP contribution in [0.5, 0.6) is 0 Å². The van der Waals surface area contributed by atoms with Crippen molar-refractivity contribution in [3.63, 3.8) is 0 Å². The van der Waals surface area contributed by atoms with Gasteiger partial charge in [-0.25, -0.2) is 0 Å². The molecule has 1 aliphatic heterocycles. The first-order chi connectivity index (χ1) is 9.97. The van der Waals surface area contributed by atoms with Crippen molar-refractivity contribution in [2.45, 2.75) is 19.4 Å². The Hall–Kier alpha value is -2.21. The Morgan fingerprint density at radius 1 is 1.52 bits per heavy atom. The number of carbonyl (C=O) groups excluding carboxylic acids is 1. The number of hydrogen-bond donors (Lipinski definition) is 1. The fourth-order valence-corrected chi connectivity index (χ4v) is 2.31. The molecule has 1 fully saturated rings. The SMILES string of the molecule is CC1CCN(C(=O)C=Cc2cccc([N+](=O)[O-])c2)CC1N. The van der Waals surface area contributed by atoms with Crippen LogP contribution in [0.15, 0.2) is 30.3 Å². The van der Waals surface area contributed by atoms with Crippen LogP contribution in [0.1, 0.15) is 18.9 Å². The average Bonchev–Trinajstić information content (AvgIpc) is 2.48. The Labute approximate surface area is 123 Å². The van der Waals surface area contributed by atoms with E-state index in [1.54, 1.807) is 23.1 Å². The molecule has 0 bridgehead atoms. The number of nitro benzene ring substituents is 1. The quantitative estimate of drug-likeness (QED) is 0.522. The van der Waals surface area contributed by atoms with E-state index in [0.29, 0.717) is 24.6 Å². The van der Waals surface area contributed by atoms with E-state index in [-0.39, 0.29) is 17.6 Å². The third-order valence-corrected chi connectivity index (χ3v) is 3.83. The number of nitrogens with two attached hydrogens (primary N) is 1. The number of piperidine rings is 1. The van der Waals surface area contributed by atoms with Crippen LogP contribution in [-0.4, -0.2) is 34.9 Å². The maximum absolute atomic E-state index is 12.1. The number of likely N-dealkylation sites (tertiary alicyclic amines) is 1. The molecule has 112 valence electrons. The van der Waals surface area contributed by atoms with Gasteiger partial charge in [-0.05, 0) is 24.0 Å². The molecular formula is C15H19N3O3. The van der Waals surface area contributed by atoms with E-state index in [4.69, 9.17) is 5.73 Å². The molecule has 21 heavy (non-hydrogen) atoms. The van der Waals surface area contributed by atoms with Crippen LogP contribution >= 0.6 is 0 Å². The highest BCUT2D eigenvalue weighted by molar-refractivity contribution is 5.92. The second-order valence-electron chi connectivity index (χ2n) is 5.40. The Morgan fingerprint density at radius 3 is 2.95 bits per heavy atom. The standard InChI is InChI=1S/C15H19N3O3/c1-11-7-8-17(10-14(11)16)15(19)6-5-12-3-2-4-13(9-12)18(20)21/h2-6,9,11,14H,7-8,10,16H2,1H3. The summed E-state index contributed by atoms with van der Waals surface area (Å²) in [6, 6.07) is 6.19. The van der Waals surface area contributed by atoms with Gasteiger partial charge in [0.2, 0.25) is 5.91 Å². The Bertz CT molecular complexity index is 571. The molecule has 0 aromatic heterocycles.